The number of halogens is 1. The molecule has 0 aliphatic heterocycles. The Kier molecular flexibility index (Phi) is 4.80. The normalized spacial score (nSPS) is 11.7. The van der Waals surface area contributed by atoms with E-state index in [0.717, 1.165) is 5.69 Å². The van der Waals surface area contributed by atoms with Crippen LogP contribution in [0.4, 0.5) is 0 Å². The van der Waals surface area contributed by atoms with Crippen LogP contribution in [0.15, 0.2) is 34.9 Å². The first-order chi connectivity index (χ1) is 9.46. The molecule has 20 heavy (non-hydrogen) atoms. The molecular weight excluding hydrogens is 300 g/mol. The minimum absolute atomic E-state index is 0.134. The summed E-state index contributed by atoms with van der Waals surface area (Å²) in [6.07, 6.45) is 2.01. The second-order valence-corrected chi connectivity index (χ2v) is 6.57. The molecule has 1 aromatic carbocycles. The Morgan fingerprint density at radius 2 is 2.10 bits per heavy atom. The highest BCUT2D eigenvalue weighted by atomic mass is 35.5. The number of hydrogen-bond donors (Lipinski definition) is 1. The number of aromatic nitrogens is 1. The molecule has 0 aliphatic rings. The van der Waals surface area contributed by atoms with E-state index in [2.05, 4.69) is 9.71 Å². The van der Waals surface area contributed by atoms with Crippen LogP contribution in [0.25, 0.3) is 0 Å². The standard InChI is InChI=1S/C13H15ClN2O3S/c1-10-16-12(8-19-10)6-7-15-20(17,18)9-11-4-2-3-5-13(11)14/h2-5,8,15H,6-7,9H2,1H3. The van der Waals surface area contributed by atoms with Crippen LogP contribution in [-0.2, 0) is 22.2 Å². The molecule has 0 unspecified atom stereocenters. The van der Waals surface area contributed by atoms with Gasteiger partial charge in [-0.1, -0.05) is 29.8 Å². The zero-order valence-electron chi connectivity index (χ0n) is 11.0. The lowest BCUT2D eigenvalue weighted by Crippen LogP contribution is -2.27. The predicted octanol–water partition coefficient (Wildman–Crippen LogP) is 2.30. The highest BCUT2D eigenvalue weighted by Gasteiger charge is 2.13. The van der Waals surface area contributed by atoms with Crippen molar-refractivity contribution in [1.29, 1.82) is 0 Å². The number of aryl methyl sites for hydroxylation is 1. The van der Waals surface area contributed by atoms with Gasteiger partial charge >= 0.3 is 0 Å². The summed E-state index contributed by atoms with van der Waals surface area (Å²) in [6.45, 7) is 2.02. The van der Waals surface area contributed by atoms with Crippen molar-refractivity contribution in [3.8, 4) is 0 Å². The van der Waals surface area contributed by atoms with E-state index in [1.807, 2.05) is 0 Å². The van der Waals surface area contributed by atoms with E-state index in [1.54, 1.807) is 31.2 Å². The van der Waals surface area contributed by atoms with Crippen molar-refractivity contribution >= 4 is 21.6 Å². The van der Waals surface area contributed by atoms with E-state index < -0.39 is 10.0 Å². The molecule has 2 aromatic rings. The van der Waals surface area contributed by atoms with Gasteiger partial charge in [0.15, 0.2) is 5.89 Å². The molecule has 1 N–H and O–H groups in total. The molecule has 0 saturated carbocycles. The Morgan fingerprint density at radius 3 is 2.75 bits per heavy atom. The first-order valence-corrected chi connectivity index (χ1v) is 8.11. The average Bonchev–Trinajstić information content (AvgIpc) is 2.77. The number of benzene rings is 1. The molecule has 0 amide bonds. The van der Waals surface area contributed by atoms with E-state index in [0.29, 0.717) is 22.9 Å². The van der Waals surface area contributed by atoms with Crippen LogP contribution in [0.5, 0.6) is 0 Å². The molecule has 0 spiro atoms. The van der Waals surface area contributed by atoms with Gasteiger partial charge in [-0.25, -0.2) is 18.1 Å². The summed E-state index contributed by atoms with van der Waals surface area (Å²) in [5, 5.41) is 0.449. The second kappa shape index (κ2) is 6.39. The molecule has 7 heteroatoms. The molecule has 0 aliphatic carbocycles. The largest absolute Gasteiger partial charge is 0.449 e. The zero-order valence-corrected chi connectivity index (χ0v) is 12.5. The maximum Gasteiger partial charge on any atom is 0.215 e. The predicted molar refractivity (Wildman–Crippen MR) is 77.0 cm³/mol. The van der Waals surface area contributed by atoms with Gasteiger partial charge in [0.2, 0.25) is 10.0 Å². The summed E-state index contributed by atoms with van der Waals surface area (Å²) in [4.78, 5) is 4.11. The fraction of sp³-hybridized carbons (Fsp3) is 0.308. The second-order valence-electron chi connectivity index (χ2n) is 4.35. The lowest BCUT2D eigenvalue weighted by atomic mass is 10.2. The fourth-order valence-corrected chi connectivity index (χ4v) is 3.19. The van der Waals surface area contributed by atoms with Crippen molar-refractivity contribution in [2.45, 2.75) is 19.1 Å². The monoisotopic (exact) mass is 314 g/mol. The topological polar surface area (TPSA) is 72.2 Å². The third-order valence-electron chi connectivity index (χ3n) is 2.67. The summed E-state index contributed by atoms with van der Waals surface area (Å²) in [7, 11) is -3.41. The van der Waals surface area contributed by atoms with Crippen LogP contribution >= 0.6 is 11.6 Å². The highest BCUT2D eigenvalue weighted by Crippen LogP contribution is 2.17. The molecule has 108 valence electrons. The quantitative estimate of drug-likeness (QED) is 0.888. The molecule has 0 atom stereocenters. The van der Waals surface area contributed by atoms with Gasteiger partial charge in [-0.05, 0) is 11.6 Å². The summed E-state index contributed by atoms with van der Waals surface area (Å²) < 4.78 is 31.4. The lowest BCUT2D eigenvalue weighted by molar-refractivity contribution is 0.520. The SMILES string of the molecule is Cc1nc(CCNS(=O)(=O)Cc2ccccc2Cl)co1. The first kappa shape index (κ1) is 15.0. The van der Waals surface area contributed by atoms with Crippen LogP contribution in [0, 0.1) is 6.92 Å². The third kappa shape index (κ3) is 4.33. The van der Waals surface area contributed by atoms with Gasteiger partial charge < -0.3 is 4.42 Å². The maximum absolute atomic E-state index is 11.9. The molecule has 5 nitrogen and oxygen atoms in total. The molecule has 1 heterocycles. The van der Waals surface area contributed by atoms with Gasteiger partial charge in [0.25, 0.3) is 0 Å². The molecule has 0 radical (unpaired) electrons. The number of nitrogens with one attached hydrogen (secondary N) is 1. The van der Waals surface area contributed by atoms with E-state index in [4.69, 9.17) is 16.0 Å². The molecule has 0 bridgehead atoms. The average molecular weight is 315 g/mol. The van der Waals surface area contributed by atoms with E-state index in [-0.39, 0.29) is 12.3 Å². The van der Waals surface area contributed by atoms with Crippen molar-refractivity contribution in [2.75, 3.05) is 6.54 Å². The number of sulfonamides is 1. The van der Waals surface area contributed by atoms with Crippen LogP contribution in [0.2, 0.25) is 5.02 Å². The van der Waals surface area contributed by atoms with Crippen LogP contribution in [0.1, 0.15) is 17.1 Å². The van der Waals surface area contributed by atoms with Gasteiger partial charge in [-0.3, -0.25) is 0 Å². The molecule has 0 fully saturated rings. The Labute approximate surface area is 123 Å². The van der Waals surface area contributed by atoms with E-state index in [1.165, 1.54) is 6.26 Å². The number of hydrogen-bond acceptors (Lipinski definition) is 4. The van der Waals surface area contributed by atoms with Crippen LogP contribution in [-0.4, -0.2) is 19.9 Å². The smallest absolute Gasteiger partial charge is 0.215 e. The van der Waals surface area contributed by atoms with Crippen molar-refractivity contribution in [2.24, 2.45) is 0 Å². The van der Waals surface area contributed by atoms with Gasteiger partial charge in [-0.15, -0.1) is 0 Å². The Morgan fingerprint density at radius 1 is 1.35 bits per heavy atom. The van der Waals surface area contributed by atoms with Crippen molar-refractivity contribution in [3.05, 3.63) is 52.7 Å². The summed E-state index contributed by atoms with van der Waals surface area (Å²) in [5.41, 5.74) is 1.31. The summed E-state index contributed by atoms with van der Waals surface area (Å²) in [6, 6.07) is 6.89. The Balaban J connectivity index is 1.90. The minimum Gasteiger partial charge on any atom is -0.449 e. The summed E-state index contributed by atoms with van der Waals surface area (Å²) >= 11 is 5.95. The minimum atomic E-state index is -3.41. The molecule has 1 aromatic heterocycles. The van der Waals surface area contributed by atoms with Gasteiger partial charge in [0.05, 0.1) is 11.4 Å². The maximum atomic E-state index is 11.9. The zero-order chi connectivity index (χ0) is 14.6. The fourth-order valence-electron chi connectivity index (χ4n) is 1.73. The van der Waals surface area contributed by atoms with Crippen LogP contribution < -0.4 is 4.72 Å². The van der Waals surface area contributed by atoms with Gasteiger partial charge in [0, 0.05) is 24.9 Å². The van der Waals surface area contributed by atoms with E-state index >= 15 is 0 Å². The first-order valence-electron chi connectivity index (χ1n) is 6.08. The third-order valence-corrected chi connectivity index (χ3v) is 4.38. The van der Waals surface area contributed by atoms with E-state index in [9.17, 15) is 8.42 Å². The molecular formula is C13H15ClN2O3S. The van der Waals surface area contributed by atoms with Gasteiger partial charge in [-0.2, -0.15) is 0 Å². The lowest BCUT2D eigenvalue weighted by Gasteiger charge is -2.07. The highest BCUT2D eigenvalue weighted by molar-refractivity contribution is 7.88. The summed E-state index contributed by atoms with van der Waals surface area (Å²) in [5.74, 6) is 0.434. The van der Waals surface area contributed by atoms with Crippen molar-refractivity contribution < 1.29 is 12.8 Å². The molecule has 2 rings (SSSR count). The van der Waals surface area contributed by atoms with Crippen LogP contribution in [0.3, 0.4) is 0 Å². The van der Waals surface area contributed by atoms with Crippen molar-refractivity contribution in [1.82, 2.24) is 9.71 Å². The number of nitrogens with zero attached hydrogens (tertiary/aromatic N) is 1. The van der Waals surface area contributed by atoms with Gasteiger partial charge in [0.1, 0.15) is 6.26 Å². The number of rotatable bonds is 6. The van der Waals surface area contributed by atoms with Crippen molar-refractivity contribution in [3.63, 3.8) is 0 Å². The Bertz CT molecular complexity index is 682. The number of oxazole rings is 1. The Hall–Kier alpha value is -1.37. The molecule has 0 saturated heterocycles.